The molecule has 0 spiro atoms. The third kappa shape index (κ3) is 16.0. The molecule has 0 aromatic heterocycles. The van der Waals surface area contributed by atoms with Crippen LogP contribution in [-0.4, -0.2) is 48.4 Å². The van der Waals surface area contributed by atoms with E-state index in [2.05, 4.69) is 24.1 Å². The average molecular weight is 412 g/mol. The Kier molecular flexibility index (Phi) is 16.4. The molecule has 0 fully saturated rings. The Labute approximate surface area is 177 Å². The Balaban J connectivity index is 4.34. The van der Waals surface area contributed by atoms with E-state index in [0.717, 1.165) is 19.3 Å². The SMILES string of the molecule is CCCCCCC(C)(O)CCNC(CC#CCCCC(=O)OCC)C(=O)OCC. The van der Waals surface area contributed by atoms with Crippen molar-refractivity contribution in [3.63, 3.8) is 0 Å². The van der Waals surface area contributed by atoms with Crippen LogP contribution in [-0.2, 0) is 19.1 Å². The van der Waals surface area contributed by atoms with Gasteiger partial charge in [-0.25, -0.2) is 0 Å². The molecule has 2 atom stereocenters. The highest BCUT2D eigenvalue weighted by Crippen LogP contribution is 2.18. The van der Waals surface area contributed by atoms with Crippen molar-refractivity contribution in [1.29, 1.82) is 0 Å². The summed E-state index contributed by atoms with van der Waals surface area (Å²) in [4.78, 5) is 23.4. The quantitative estimate of drug-likeness (QED) is 0.229. The van der Waals surface area contributed by atoms with Crippen molar-refractivity contribution < 1.29 is 24.2 Å². The summed E-state index contributed by atoms with van der Waals surface area (Å²) < 4.78 is 10.00. The van der Waals surface area contributed by atoms with Gasteiger partial charge in [-0.3, -0.25) is 9.59 Å². The van der Waals surface area contributed by atoms with Crippen molar-refractivity contribution in [2.45, 2.75) is 104 Å². The van der Waals surface area contributed by atoms with Gasteiger partial charge in [0.1, 0.15) is 6.04 Å². The van der Waals surface area contributed by atoms with Gasteiger partial charge in [0.15, 0.2) is 0 Å². The molecule has 6 nitrogen and oxygen atoms in total. The van der Waals surface area contributed by atoms with Crippen LogP contribution in [0.4, 0.5) is 0 Å². The number of unbranched alkanes of at least 4 members (excludes halogenated alkanes) is 4. The zero-order chi connectivity index (χ0) is 22.0. The summed E-state index contributed by atoms with van der Waals surface area (Å²) in [7, 11) is 0. The van der Waals surface area contributed by atoms with Crippen molar-refractivity contribution in [3.05, 3.63) is 0 Å². The standard InChI is InChI=1S/C23H41NO5/c1-5-8-9-14-17-23(4,27)18-19-24-20(22(26)29-7-3)15-12-10-11-13-16-21(25)28-6-2/h20,24,27H,5-9,11,13-19H2,1-4H3. The molecule has 168 valence electrons. The van der Waals surface area contributed by atoms with Crippen LogP contribution in [0.25, 0.3) is 0 Å². The minimum Gasteiger partial charge on any atom is -0.466 e. The molecule has 0 aromatic rings. The van der Waals surface area contributed by atoms with Gasteiger partial charge in [0.05, 0.1) is 18.8 Å². The summed E-state index contributed by atoms with van der Waals surface area (Å²) in [5, 5.41) is 13.7. The average Bonchev–Trinajstić information content (AvgIpc) is 2.66. The van der Waals surface area contributed by atoms with E-state index >= 15 is 0 Å². The van der Waals surface area contributed by atoms with E-state index in [-0.39, 0.29) is 11.9 Å². The molecule has 0 aliphatic heterocycles. The predicted molar refractivity (Wildman–Crippen MR) is 115 cm³/mol. The van der Waals surface area contributed by atoms with Crippen LogP contribution in [0.2, 0.25) is 0 Å². The zero-order valence-electron chi connectivity index (χ0n) is 18.8. The van der Waals surface area contributed by atoms with Crippen LogP contribution in [0.5, 0.6) is 0 Å². The van der Waals surface area contributed by atoms with Crippen LogP contribution < -0.4 is 5.32 Å². The smallest absolute Gasteiger partial charge is 0.324 e. The molecular weight excluding hydrogens is 370 g/mol. The lowest BCUT2D eigenvalue weighted by atomic mass is 9.94. The molecule has 0 aliphatic rings. The predicted octanol–water partition coefficient (Wildman–Crippen LogP) is 3.75. The number of rotatable bonds is 16. The maximum atomic E-state index is 12.1. The summed E-state index contributed by atoms with van der Waals surface area (Å²) in [5.74, 6) is 5.47. The fourth-order valence-electron chi connectivity index (χ4n) is 2.87. The number of carbonyl (C=O) groups is 2. The number of esters is 2. The summed E-state index contributed by atoms with van der Waals surface area (Å²) >= 11 is 0. The minimum absolute atomic E-state index is 0.206. The van der Waals surface area contributed by atoms with Crippen molar-refractivity contribution in [3.8, 4) is 11.8 Å². The first-order valence-corrected chi connectivity index (χ1v) is 11.1. The van der Waals surface area contributed by atoms with Gasteiger partial charge >= 0.3 is 11.9 Å². The number of carbonyl (C=O) groups excluding carboxylic acids is 2. The molecule has 6 heteroatoms. The Bertz CT molecular complexity index is 507. The number of hydrogen-bond donors (Lipinski definition) is 2. The van der Waals surface area contributed by atoms with Crippen LogP contribution in [0.15, 0.2) is 0 Å². The Morgan fingerprint density at radius 2 is 1.72 bits per heavy atom. The molecule has 0 saturated heterocycles. The van der Waals surface area contributed by atoms with Crippen molar-refractivity contribution in [2.75, 3.05) is 19.8 Å². The van der Waals surface area contributed by atoms with E-state index in [4.69, 9.17) is 9.47 Å². The van der Waals surface area contributed by atoms with Crippen molar-refractivity contribution in [1.82, 2.24) is 5.32 Å². The minimum atomic E-state index is -0.737. The van der Waals surface area contributed by atoms with Gasteiger partial charge in [-0.2, -0.15) is 0 Å². The third-order valence-electron chi connectivity index (χ3n) is 4.61. The van der Waals surface area contributed by atoms with Gasteiger partial charge in [0.25, 0.3) is 0 Å². The molecule has 0 aromatic carbocycles. The highest BCUT2D eigenvalue weighted by Gasteiger charge is 2.22. The lowest BCUT2D eigenvalue weighted by Gasteiger charge is -2.24. The van der Waals surface area contributed by atoms with Gasteiger partial charge in [0, 0.05) is 19.3 Å². The molecule has 2 N–H and O–H groups in total. The van der Waals surface area contributed by atoms with E-state index in [1.807, 2.05) is 6.92 Å². The fourth-order valence-corrected chi connectivity index (χ4v) is 2.87. The fraction of sp³-hybridized carbons (Fsp3) is 0.826. The molecule has 0 amide bonds. The molecule has 0 bridgehead atoms. The lowest BCUT2D eigenvalue weighted by molar-refractivity contribution is -0.145. The Morgan fingerprint density at radius 1 is 1.00 bits per heavy atom. The summed E-state index contributed by atoms with van der Waals surface area (Å²) in [6, 6.07) is -0.511. The molecule has 0 saturated carbocycles. The van der Waals surface area contributed by atoms with E-state index in [1.165, 1.54) is 12.8 Å². The second-order valence-corrected chi connectivity index (χ2v) is 7.53. The summed E-state index contributed by atoms with van der Waals surface area (Å²) in [6.07, 6.45) is 7.78. The molecule has 0 heterocycles. The van der Waals surface area contributed by atoms with Gasteiger partial charge < -0.3 is 19.9 Å². The molecule has 0 aliphatic carbocycles. The second kappa shape index (κ2) is 17.3. The number of ether oxygens (including phenoxy) is 2. The zero-order valence-corrected chi connectivity index (χ0v) is 18.8. The molecule has 0 rings (SSSR count). The number of hydrogen-bond acceptors (Lipinski definition) is 6. The van der Waals surface area contributed by atoms with E-state index in [0.29, 0.717) is 51.9 Å². The molecule has 0 radical (unpaired) electrons. The normalized spacial score (nSPS) is 13.7. The first-order chi connectivity index (χ1) is 13.9. The monoisotopic (exact) mass is 411 g/mol. The van der Waals surface area contributed by atoms with Gasteiger partial charge in [-0.05, 0) is 46.6 Å². The lowest BCUT2D eigenvalue weighted by Crippen LogP contribution is -2.40. The molecular formula is C23H41NO5. The maximum absolute atomic E-state index is 12.1. The Hall–Kier alpha value is -1.58. The maximum Gasteiger partial charge on any atom is 0.324 e. The third-order valence-corrected chi connectivity index (χ3v) is 4.61. The second-order valence-electron chi connectivity index (χ2n) is 7.53. The summed E-state index contributed by atoms with van der Waals surface area (Å²) in [5.41, 5.74) is -0.737. The molecule has 29 heavy (non-hydrogen) atoms. The summed E-state index contributed by atoms with van der Waals surface area (Å²) in [6.45, 7) is 8.81. The van der Waals surface area contributed by atoms with Crippen molar-refractivity contribution in [2.24, 2.45) is 0 Å². The topological polar surface area (TPSA) is 84.9 Å². The van der Waals surface area contributed by atoms with Gasteiger partial charge in [-0.1, -0.05) is 32.6 Å². The first-order valence-electron chi connectivity index (χ1n) is 11.1. The van der Waals surface area contributed by atoms with E-state index in [9.17, 15) is 14.7 Å². The van der Waals surface area contributed by atoms with Crippen LogP contribution in [0.3, 0.4) is 0 Å². The molecule has 2 unspecified atom stereocenters. The largest absolute Gasteiger partial charge is 0.466 e. The highest BCUT2D eigenvalue weighted by atomic mass is 16.5. The van der Waals surface area contributed by atoms with Crippen LogP contribution in [0.1, 0.15) is 91.9 Å². The van der Waals surface area contributed by atoms with Crippen LogP contribution >= 0.6 is 0 Å². The Morgan fingerprint density at radius 3 is 2.38 bits per heavy atom. The van der Waals surface area contributed by atoms with Gasteiger partial charge in [-0.15, -0.1) is 11.8 Å². The van der Waals surface area contributed by atoms with E-state index in [1.54, 1.807) is 13.8 Å². The van der Waals surface area contributed by atoms with Crippen molar-refractivity contribution >= 4 is 11.9 Å². The van der Waals surface area contributed by atoms with E-state index < -0.39 is 11.6 Å². The van der Waals surface area contributed by atoms with Gasteiger partial charge in [0.2, 0.25) is 0 Å². The highest BCUT2D eigenvalue weighted by molar-refractivity contribution is 5.76. The number of nitrogens with one attached hydrogen (secondary N) is 1. The number of aliphatic hydroxyl groups is 1. The first kappa shape index (κ1) is 27.4. The van der Waals surface area contributed by atoms with Crippen LogP contribution in [0, 0.1) is 11.8 Å².